The van der Waals surface area contributed by atoms with Crippen molar-refractivity contribution in [1.29, 1.82) is 0 Å². The minimum absolute atomic E-state index is 0.180. The zero-order valence-electron chi connectivity index (χ0n) is 16.0. The van der Waals surface area contributed by atoms with Gasteiger partial charge in [0.1, 0.15) is 0 Å². The Kier molecular flexibility index (Phi) is 6.64. The lowest BCUT2D eigenvalue weighted by atomic mass is 9.91. The summed E-state index contributed by atoms with van der Waals surface area (Å²) in [6.45, 7) is 11.7. The smallest absolute Gasteiger partial charge is 0.307 e. The number of rotatable bonds is 7. The van der Waals surface area contributed by atoms with E-state index in [0.29, 0.717) is 5.82 Å². The van der Waals surface area contributed by atoms with Gasteiger partial charge in [-0.1, -0.05) is 34.1 Å². The van der Waals surface area contributed by atoms with Crippen LogP contribution in [0.25, 0.3) is 0 Å². The standard InChI is InChI=1S/C19H30N4OS/c1-6-8-9-14-12-15(16(25-14)13-19(3,4)5)20-18(24)21-17-10-11-23(7-2)22-17/h10-12H,6-9,13H2,1-5H3,(H2,20,21,22,24). The van der Waals surface area contributed by atoms with E-state index in [1.165, 1.54) is 22.6 Å². The minimum atomic E-state index is -0.239. The van der Waals surface area contributed by atoms with E-state index in [1.54, 1.807) is 10.7 Å². The van der Waals surface area contributed by atoms with Crippen molar-refractivity contribution in [1.82, 2.24) is 9.78 Å². The molecular weight excluding hydrogens is 332 g/mol. The SMILES string of the molecule is CCCCc1cc(NC(=O)Nc2ccn(CC)n2)c(CC(C)(C)C)s1. The van der Waals surface area contributed by atoms with Gasteiger partial charge in [0.2, 0.25) is 0 Å². The molecule has 6 heteroatoms. The highest BCUT2D eigenvalue weighted by Gasteiger charge is 2.18. The van der Waals surface area contributed by atoms with Crippen molar-refractivity contribution in [3.8, 4) is 0 Å². The zero-order chi connectivity index (χ0) is 18.4. The van der Waals surface area contributed by atoms with Gasteiger partial charge in [-0.05, 0) is 37.7 Å². The molecule has 0 aromatic carbocycles. The lowest BCUT2D eigenvalue weighted by Crippen LogP contribution is -2.21. The Morgan fingerprint density at radius 3 is 2.64 bits per heavy atom. The molecule has 0 saturated heterocycles. The molecule has 0 aliphatic heterocycles. The largest absolute Gasteiger partial charge is 0.324 e. The van der Waals surface area contributed by atoms with E-state index < -0.39 is 0 Å². The van der Waals surface area contributed by atoms with Crippen LogP contribution in [0.3, 0.4) is 0 Å². The molecule has 2 amide bonds. The van der Waals surface area contributed by atoms with Crippen molar-refractivity contribution in [2.24, 2.45) is 5.41 Å². The molecule has 5 nitrogen and oxygen atoms in total. The molecule has 0 radical (unpaired) electrons. The number of carbonyl (C=O) groups excluding carboxylic acids is 1. The van der Waals surface area contributed by atoms with Gasteiger partial charge in [-0.3, -0.25) is 10.00 Å². The third kappa shape index (κ3) is 6.20. The van der Waals surface area contributed by atoms with E-state index in [0.717, 1.165) is 25.1 Å². The summed E-state index contributed by atoms with van der Waals surface area (Å²) in [5.41, 5.74) is 1.11. The number of aryl methyl sites for hydroxylation is 2. The maximum Gasteiger partial charge on any atom is 0.324 e. The predicted molar refractivity (Wildman–Crippen MR) is 107 cm³/mol. The first-order valence-electron chi connectivity index (χ1n) is 9.03. The zero-order valence-corrected chi connectivity index (χ0v) is 16.8. The fourth-order valence-corrected chi connectivity index (χ4v) is 4.02. The maximum absolute atomic E-state index is 12.4. The third-order valence-corrected chi connectivity index (χ3v) is 4.98. The Hall–Kier alpha value is -1.82. The number of anilines is 2. The highest BCUT2D eigenvalue weighted by Crippen LogP contribution is 2.34. The molecule has 25 heavy (non-hydrogen) atoms. The summed E-state index contributed by atoms with van der Waals surface area (Å²) < 4.78 is 1.79. The summed E-state index contributed by atoms with van der Waals surface area (Å²) in [4.78, 5) is 14.9. The van der Waals surface area contributed by atoms with Crippen molar-refractivity contribution < 1.29 is 4.79 Å². The van der Waals surface area contributed by atoms with Crippen LogP contribution in [0, 0.1) is 5.41 Å². The fourth-order valence-electron chi connectivity index (χ4n) is 2.55. The fraction of sp³-hybridized carbons (Fsp3) is 0.579. The first-order valence-corrected chi connectivity index (χ1v) is 9.85. The van der Waals surface area contributed by atoms with E-state index in [-0.39, 0.29) is 11.4 Å². The van der Waals surface area contributed by atoms with Gasteiger partial charge < -0.3 is 5.32 Å². The van der Waals surface area contributed by atoms with Gasteiger partial charge in [0.25, 0.3) is 0 Å². The van der Waals surface area contributed by atoms with E-state index in [9.17, 15) is 4.79 Å². The second-order valence-corrected chi connectivity index (χ2v) is 8.75. The molecule has 0 fully saturated rings. The average Bonchev–Trinajstić information content (AvgIpc) is 3.11. The van der Waals surface area contributed by atoms with Gasteiger partial charge in [-0.25, -0.2) is 4.79 Å². The molecule has 0 aliphatic carbocycles. The molecule has 0 aliphatic rings. The molecule has 2 heterocycles. The van der Waals surface area contributed by atoms with Gasteiger partial charge in [0.15, 0.2) is 5.82 Å². The molecule has 0 atom stereocenters. The van der Waals surface area contributed by atoms with Crippen molar-refractivity contribution in [2.45, 2.75) is 66.8 Å². The number of amides is 2. The lowest BCUT2D eigenvalue weighted by molar-refractivity contribution is 0.262. The van der Waals surface area contributed by atoms with E-state index in [2.05, 4.69) is 49.5 Å². The monoisotopic (exact) mass is 362 g/mol. The van der Waals surface area contributed by atoms with Crippen LogP contribution in [0.5, 0.6) is 0 Å². The van der Waals surface area contributed by atoms with E-state index >= 15 is 0 Å². The van der Waals surface area contributed by atoms with E-state index in [1.807, 2.05) is 24.5 Å². The summed E-state index contributed by atoms with van der Waals surface area (Å²) in [5, 5.41) is 10.1. The highest BCUT2D eigenvalue weighted by molar-refractivity contribution is 7.12. The van der Waals surface area contributed by atoms with Crippen LogP contribution < -0.4 is 10.6 Å². The number of hydrogen-bond acceptors (Lipinski definition) is 3. The van der Waals surface area contributed by atoms with Crippen LogP contribution in [-0.2, 0) is 19.4 Å². The molecule has 0 unspecified atom stereocenters. The maximum atomic E-state index is 12.4. The molecule has 0 spiro atoms. The van der Waals surface area contributed by atoms with E-state index in [4.69, 9.17) is 0 Å². The number of urea groups is 1. The van der Waals surface area contributed by atoms with Gasteiger partial charge in [-0.2, -0.15) is 5.10 Å². The third-order valence-electron chi connectivity index (χ3n) is 3.78. The number of unbranched alkanes of at least 4 members (excludes halogenated alkanes) is 1. The Bertz CT molecular complexity index is 697. The summed E-state index contributed by atoms with van der Waals surface area (Å²) >= 11 is 1.82. The van der Waals surface area contributed by atoms with Crippen molar-refractivity contribution in [2.75, 3.05) is 10.6 Å². The van der Waals surface area contributed by atoms with Crippen LogP contribution in [0.4, 0.5) is 16.3 Å². The predicted octanol–water partition coefficient (Wildman–Crippen LogP) is 5.54. The van der Waals surface area contributed by atoms with Crippen LogP contribution in [0.15, 0.2) is 18.3 Å². The summed E-state index contributed by atoms with van der Waals surface area (Å²) in [7, 11) is 0. The summed E-state index contributed by atoms with van der Waals surface area (Å²) in [6, 6.07) is 3.70. The topological polar surface area (TPSA) is 59.0 Å². The van der Waals surface area contributed by atoms with Gasteiger partial charge >= 0.3 is 6.03 Å². The number of aromatic nitrogens is 2. The van der Waals surface area contributed by atoms with Crippen LogP contribution >= 0.6 is 11.3 Å². The normalized spacial score (nSPS) is 11.6. The summed E-state index contributed by atoms with van der Waals surface area (Å²) in [5.74, 6) is 0.568. The first kappa shape index (κ1) is 19.5. The molecule has 2 rings (SSSR count). The quantitative estimate of drug-likeness (QED) is 0.679. The van der Waals surface area contributed by atoms with Gasteiger partial charge in [-0.15, -0.1) is 11.3 Å². The van der Waals surface area contributed by atoms with Gasteiger partial charge in [0.05, 0.1) is 5.69 Å². The van der Waals surface area contributed by atoms with Crippen LogP contribution in [-0.4, -0.2) is 15.8 Å². The molecule has 2 N–H and O–H groups in total. The summed E-state index contributed by atoms with van der Waals surface area (Å²) in [6.07, 6.45) is 6.23. The Balaban J connectivity index is 2.09. The molecule has 0 saturated carbocycles. The minimum Gasteiger partial charge on any atom is -0.307 e. The van der Waals surface area contributed by atoms with Crippen molar-refractivity contribution >= 4 is 28.9 Å². The Morgan fingerprint density at radius 1 is 1.28 bits per heavy atom. The number of thiophene rings is 1. The first-order chi connectivity index (χ1) is 11.8. The molecule has 2 aromatic rings. The van der Waals surface area contributed by atoms with Crippen LogP contribution in [0.1, 0.15) is 57.2 Å². The number of nitrogens with zero attached hydrogens (tertiary/aromatic N) is 2. The van der Waals surface area contributed by atoms with Gasteiger partial charge in [0, 0.05) is 28.6 Å². The van der Waals surface area contributed by atoms with Crippen molar-refractivity contribution in [3.63, 3.8) is 0 Å². The second kappa shape index (κ2) is 8.52. The van der Waals surface area contributed by atoms with Crippen LogP contribution in [0.2, 0.25) is 0 Å². The molecular formula is C19H30N4OS. The number of carbonyl (C=O) groups is 1. The number of hydrogen-bond donors (Lipinski definition) is 2. The Morgan fingerprint density at radius 2 is 2.04 bits per heavy atom. The second-order valence-electron chi connectivity index (χ2n) is 7.53. The van der Waals surface area contributed by atoms with Crippen molar-refractivity contribution in [3.05, 3.63) is 28.1 Å². The molecule has 138 valence electrons. The highest BCUT2D eigenvalue weighted by atomic mass is 32.1. The molecule has 0 bridgehead atoms. The molecule has 2 aromatic heterocycles. The lowest BCUT2D eigenvalue weighted by Gasteiger charge is -2.18. The Labute approximate surface area is 154 Å². The average molecular weight is 363 g/mol. The number of nitrogens with one attached hydrogen (secondary N) is 2.